The standard InChI is InChI=1S/C6H10O3S.Na.H/c1-10-3-2-5(4-7)6(8)9;;/h4-5H,2-3H2,1H3,(H,8,9);;/q;+1;-1. The molecule has 0 radical (unpaired) electrons. The Kier molecular flexibility index (Phi) is 11.0. The van der Waals surface area contributed by atoms with E-state index in [0.29, 0.717) is 12.7 Å². The van der Waals surface area contributed by atoms with Crippen molar-refractivity contribution in [3.8, 4) is 0 Å². The van der Waals surface area contributed by atoms with Gasteiger partial charge in [-0.15, -0.1) is 0 Å². The zero-order valence-electron chi connectivity index (χ0n) is 7.74. The van der Waals surface area contributed by atoms with E-state index >= 15 is 0 Å². The van der Waals surface area contributed by atoms with Crippen molar-refractivity contribution in [2.45, 2.75) is 6.42 Å². The van der Waals surface area contributed by atoms with Gasteiger partial charge in [0.25, 0.3) is 0 Å². The van der Waals surface area contributed by atoms with E-state index in [1.807, 2.05) is 6.26 Å². The fourth-order valence-corrected chi connectivity index (χ4v) is 0.984. The van der Waals surface area contributed by atoms with Gasteiger partial charge in [-0.2, -0.15) is 11.8 Å². The summed E-state index contributed by atoms with van der Waals surface area (Å²) in [5.74, 6) is -1.12. The Labute approximate surface area is 93.7 Å². The Balaban J connectivity index is -0.000000405. The van der Waals surface area contributed by atoms with Crippen molar-refractivity contribution in [2.24, 2.45) is 5.92 Å². The maximum Gasteiger partial charge on any atom is 1.00 e. The first kappa shape index (κ1) is 14.0. The number of aldehydes is 1. The van der Waals surface area contributed by atoms with Crippen LogP contribution in [0.15, 0.2) is 0 Å². The molecule has 0 aliphatic rings. The topological polar surface area (TPSA) is 54.4 Å². The summed E-state index contributed by atoms with van der Waals surface area (Å²) in [6.07, 6.45) is 2.79. The average Bonchev–Trinajstić information content (AvgIpc) is 1.89. The number of hydrogen-bond donors (Lipinski definition) is 1. The Morgan fingerprint density at radius 1 is 1.82 bits per heavy atom. The molecule has 5 heteroatoms. The summed E-state index contributed by atoms with van der Waals surface area (Å²) in [5.41, 5.74) is 0. The molecule has 0 aliphatic carbocycles. The summed E-state index contributed by atoms with van der Waals surface area (Å²) in [5, 5.41) is 8.36. The van der Waals surface area contributed by atoms with Gasteiger partial charge >= 0.3 is 35.5 Å². The quantitative estimate of drug-likeness (QED) is 0.299. The molecule has 11 heavy (non-hydrogen) atoms. The minimum absolute atomic E-state index is 0. The van der Waals surface area contributed by atoms with Gasteiger partial charge in [-0.1, -0.05) is 0 Å². The van der Waals surface area contributed by atoms with Gasteiger partial charge in [0.05, 0.1) is 0 Å². The number of aliphatic carboxylic acids is 1. The van der Waals surface area contributed by atoms with E-state index in [0.717, 1.165) is 5.75 Å². The van der Waals surface area contributed by atoms with Crippen molar-refractivity contribution >= 4 is 24.0 Å². The predicted octanol–water partition coefficient (Wildman–Crippen LogP) is -2.24. The molecule has 0 spiro atoms. The van der Waals surface area contributed by atoms with Gasteiger partial charge in [0.2, 0.25) is 0 Å². The third kappa shape index (κ3) is 6.87. The van der Waals surface area contributed by atoms with E-state index in [1.54, 1.807) is 11.8 Å². The molecular weight excluding hydrogens is 175 g/mol. The zero-order valence-corrected chi connectivity index (χ0v) is 9.56. The first-order chi connectivity index (χ1) is 4.72. The first-order valence-corrected chi connectivity index (χ1v) is 4.28. The number of thioether (sulfide) groups is 1. The minimum Gasteiger partial charge on any atom is -1.00 e. The maximum absolute atomic E-state index is 10.2. The Bertz CT molecular complexity index is 134. The number of carbonyl (C=O) groups excluding carboxylic acids is 1. The maximum atomic E-state index is 10.2. The molecule has 0 aliphatic heterocycles. The molecule has 0 rings (SSSR count). The van der Waals surface area contributed by atoms with E-state index < -0.39 is 11.9 Å². The smallest absolute Gasteiger partial charge is 1.00 e. The molecule has 0 bridgehead atoms. The largest absolute Gasteiger partial charge is 1.00 e. The van der Waals surface area contributed by atoms with E-state index in [9.17, 15) is 9.59 Å². The molecule has 0 heterocycles. The molecule has 0 fully saturated rings. The summed E-state index contributed by atoms with van der Waals surface area (Å²) in [6.45, 7) is 0. The molecule has 1 unspecified atom stereocenters. The monoisotopic (exact) mass is 186 g/mol. The molecule has 3 nitrogen and oxygen atoms in total. The van der Waals surface area contributed by atoms with Crippen molar-refractivity contribution < 1.29 is 45.7 Å². The average molecular weight is 186 g/mol. The second-order valence-corrected chi connectivity index (χ2v) is 2.85. The van der Waals surface area contributed by atoms with Crippen LogP contribution in [0.1, 0.15) is 7.85 Å². The summed E-state index contributed by atoms with van der Waals surface area (Å²) in [6, 6.07) is 0. The molecule has 60 valence electrons. The number of carbonyl (C=O) groups is 2. The third-order valence-corrected chi connectivity index (χ3v) is 1.76. The number of carboxylic acids is 1. The van der Waals surface area contributed by atoms with E-state index in [4.69, 9.17) is 5.11 Å². The fourth-order valence-electron chi connectivity index (χ4n) is 0.495. The van der Waals surface area contributed by atoms with Crippen LogP contribution in [0.4, 0.5) is 0 Å². The Morgan fingerprint density at radius 3 is 2.64 bits per heavy atom. The van der Waals surface area contributed by atoms with E-state index in [1.165, 1.54) is 0 Å². The second-order valence-electron chi connectivity index (χ2n) is 1.86. The van der Waals surface area contributed by atoms with Gasteiger partial charge in [-0.05, 0) is 18.4 Å². The summed E-state index contributed by atoms with van der Waals surface area (Å²) in [4.78, 5) is 20.3. The van der Waals surface area contributed by atoms with Gasteiger partial charge in [-0.3, -0.25) is 4.79 Å². The Morgan fingerprint density at radius 2 is 2.36 bits per heavy atom. The van der Waals surface area contributed by atoms with Crippen molar-refractivity contribution in [1.82, 2.24) is 0 Å². The van der Waals surface area contributed by atoms with Crippen LogP contribution in [0.2, 0.25) is 0 Å². The zero-order chi connectivity index (χ0) is 7.98. The van der Waals surface area contributed by atoms with E-state index in [-0.39, 0.29) is 31.0 Å². The van der Waals surface area contributed by atoms with E-state index in [2.05, 4.69) is 0 Å². The molecule has 1 atom stereocenters. The fraction of sp³-hybridized carbons (Fsp3) is 0.667. The number of rotatable bonds is 5. The predicted molar refractivity (Wildman–Crippen MR) is 41.3 cm³/mol. The van der Waals surface area contributed by atoms with Crippen molar-refractivity contribution in [3.63, 3.8) is 0 Å². The van der Waals surface area contributed by atoms with Gasteiger partial charge < -0.3 is 11.3 Å². The molecule has 0 aromatic heterocycles. The molecular formula is C6H11NaO3S. The van der Waals surface area contributed by atoms with Gasteiger partial charge in [0.15, 0.2) is 0 Å². The van der Waals surface area contributed by atoms with Crippen LogP contribution >= 0.6 is 11.8 Å². The number of hydrogen-bond acceptors (Lipinski definition) is 3. The molecule has 0 aromatic carbocycles. The Hall–Kier alpha value is 0.490. The number of carboxylic acid groups (broad SMARTS) is 1. The van der Waals surface area contributed by atoms with Crippen molar-refractivity contribution in [1.29, 1.82) is 0 Å². The van der Waals surface area contributed by atoms with Gasteiger partial charge in [0, 0.05) is 0 Å². The molecule has 0 aromatic rings. The van der Waals surface area contributed by atoms with Crippen LogP contribution in [-0.2, 0) is 9.59 Å². The molecule has 0 saturated carbocycles. The summed E-state index contributed by atoms with van der Waals surface area (Å²) >= 11 is 1.54. The van der Waals surface area contributed by atoms with Crippen LogP contribution in [0.5, 0.6) is 0 Å². The van der Waals surface area contributed by atoms with Gasteiger partial charge in [0.1, 0.15) is 12.2 Å². The van der Waals surface area contributed by atoms with Crippen LogP contribution in [0.25, 0.3) is 0 Å². The summed E-state index contributed by atoms with van der Waals surface area (Å²) < 4.78 is 0. The minimum atomic E-state index is -1.02. The molecule has 0 saturated heterocycles. The van der Waals surface area contributed by atoms with Crippen LogP contribution in [-0.4, -0.2) is 29.4 Å². The van der Waals surface area contributed by atoms with Crippen LogP contribution in [0.3, 0.4) is 0 Å². The summed E-state index contributed by atoms with van der Waals surface area (Å²) in [7, 11) is 0. The van der Waals surface area contributed by atoms with Crippen LogP contribution in [0, 0.1) is 5.92 Å². The van der Waals surface area contributed by atoms with Crippen LogP contribution < -0.4 is 29.6 Å². The van der Waals surface area contributed by atoms with Crippen molar-refractivity contribution in [2.75, 3.05) is 12.0 Å². The SMILES string of the molecule is CSCCC(C=O)C(=O)O.[H-].[Na+]. The first-order valence-electron chi connectivity index (χ1n) is 2.89. The van der Waals surface area contributed by atoms with Crippen molar-refractivity contribution in [3.05, 3.63) is 0 Å². The molecule has 0 amide bonds. The molecule has 1 N–H and O–H groups in total. The normalized spacial score (nSPS) is 11.4. The van der Waals surface area contributed by atoms with Gasteiger partial charge in [-0.25, -0.2) is 0 Å². The third-order valence-electron chi connectivity index (χ3n) is 1.11. The second kappa shape index (κ2) is 8.59.